The Labute approximate surface area is 113 Å². The van der Waals surface area contributed by atoms with Gasteiger partial charge in [-0.15, -0.1) is 5.10 Å². The van der Waals surface area contributed by atoms with E-state index in [-0.39, 0.29) is 0 Å². The smallest absolute Gasteiger partial charge is 0.156 e. The van der Waals surface area contributed by atoms with E-state index in [0.29, 0.717) is 0 Å². The SMILES string of the molecule is CCN1CCC(CNc2nncc3ccccc23)C1. The van der Waals surface area contributed by atoms with Gasteiger partial charge in [0.1, 0.15) is 0 Å². The fourth-order valence-electron chi connectivity index (χ4n) is 2.77. The third kappa shape index (κ3) is 2.68. The second-order valence-electron chi connectivity index (χ2n) is 5.21. The summed E-state index contributed by atoms with van der Waals surface area (Å²) in [6.45, 7) is 6.79. The Morgan fingerprint density at radius 3 is 3.11 bits per heavy atom. The third-order valence-electron chi connectivity index (χ3n) is 3.95. The monoisotopic (exact) mass is 256 g/mol. The lowest BCUT2D eigenvalue weighted by Crippen LogP contribution is -2.22. The van der Waals surface area contributed by atoms with E-state index in [2.05, 4.69) is 39.5 Å². The number of rotatable bonds is 4. The van der Waals surface area contributed by atoms with Crippen LogP contribution in [0, 0.1) is 5.92 Å². The molecule has 1 aliphatic heterocycles. The molecule has 100 valence electrons. The molecule has 2 aromatic rings. The number of nitrogens with zero attached hydrogens (tertiary/aromatic N) is 3. The highest BCUT2D eigenvalue weighted by molar-refractivity contribution is 5.90. The van der Waals surface area contributed by atoms with Crippen LogP contribution in [0.25, 0.3) is 10.8 Å². The molecule has 0 spiro atoms. The van der Waals surface area contributed by atoms with E-state index in [4.69, 9.17) is 0 Å². The van der Waals surface area contributed by atoms with E-state index in [1.165, 1.54) is 19.5 Å². The predicted octanol–water partition coefficient (Wildman–Crippen LogP) is 2.38. The van der Waals surface area contributed by atoms with Crippen molar-refractivity contribution in [1.82, 2.24) is 15.1 Å². The van der Waals surface area contributed by atoms with Crippen molar-refractivity contribution in [1.29, 1.82) is 0 Å². The van der Waals surface area contributed by atoms with Crippen LogP contribution in [-0.2, 0) is 0 Å². The quantitative estimate of drug-likeness (QED) is 0.912. The summed E-state index contributed by atoms with van der Waals surface area (Å²) in [7, 11) is 0. The van der Waals surface area contributed by atoms with E-state index in [1.807, 2.05) is 18.3 Å². The van der Waals surface area contributed by atoms with E-state index < -0.39 is 0 Å². The lowest BCUT2D eigenvalue weighted by atomic mass is 10.1. The molecule has 1 N–H and O–H groups in total. The first-order chi connectivity index (χ1) is 9.36. The summed E-state index contributed by atoms with van der Waals surface area (Å²) in [6, 6.07) is 8.25. The summed E-state index contributed by atoms with van der Waals surface area (Å²) in [5.74, 6) is 1.63. The van der Waals surface area contributed by atoms with Crippen molar-refractivity contribution in [3.8, 4) is 0 Å². The number of fused-ring (bicyclic) bond motifs is 1. The number of hydrogen-bond acceptors (Lipinski definition) is 4. The van der Waals surface area contributed by atoms with Crippen molar-refractivity contribution in [3.63, 3.8) is 0 Å². The van der Waals surface area contributed by atoms with Crippen LogP contribution in [-0.4, -0.2) is 41.3 Å². The van der Waals surface area contributed by atoms with Crippen LogP contribution in [0.15, 0.2) is 30.5 Å². The molecule has 0 aliphatic carbocycles. The number of anilines is 1. The summed E-state index contributed by atoms with van der Waals surface area (Å²) in [5.41, 5.74) is 0. The third-order valence-corrected chi connectivity index (χ3v) is 3.95. The molecular weight excluding hydrogens is 236 g/mol. The second kappa shape index (κ2) is 5.53. The van der Waals surface area contributed by atoms with E-state index >= 15 is 0 Å². The van der Waals surface area contributed by atoms with Crippen molar-refractivity contribution in [3.05, 3.63) is 30.5 Å². The van der Waals surface area contributed by atoms with E-state index in [0.717, 1.165) is 35.6 Å². The molecule has 1 fully saturated rings. The van der Waals surface area contributed by atoms with E-state index in [9.17, 15) is 0 Å². The minimum absolute atomic E-state index is 0.723. The lowest BCUT2D eigenvalue weighted by Gasteiger charge is -2.14. The zero-order chi connectivity index (χ0) is 13.1. The van der Waals surface area contributed by atoms with Gasteiger partial charge in [-0.25, -0.2) is 0 Å². The molecule has 0 saturated carbocycles. The normalized spacial score (nSPS) is 19.9. The molecule has 0 radical (unpaired) electrons. The fourth-order valence-corrected chi connectivity index (χ4v) is 2.77. The number of nitrogens with one attached hydrogen (secondary N) is 1. The van der Waals surface area contributed by atoms with Crippen molar-refractivity contribution in [2.45, 2.75) is 13.3 Å². The number of likely N-dealkylation sites (tertiary alicyclic amines) is 1. The number of hydrogen-bond donors (Lipinski definition) is 1. The van der Waals surface area contributed by atoms with E-state index in [1.54, 1.807) is 0 Å². The van der Waals surface area contributed by atoms with Crippen LogP contribution in [0.2, 0.25) is 0 Å². The molecule has 1 aromatic carbocycles. The molecule has 19 heavy (non-hydrogen) atoms. The summed E-state index contributed by atoms with van der Waals surface area (Å²) in [5, 5.41) is 14.1. The molecule has 0 amide bonds. The Balaban J connectivity index is 1.69. The molecule has 4 nitrogen and oxygen atoms in total. The standard InChI is InChI=1S/C15H20N4/c1-2-19-8-7-12(11-19)9-16-15-14-6-4-3-5-13(14)10-17-18-15/h3-6,10,12H,2,7-9,11H2,1H3,(H,16,18). The first-order valence-electron chi connectivity index (χ1n) is 7.03. The highest BCUT2D eigenvalue weighted by Gasteiger charge is 2.20. The maximum Gasteiger partial charge on any atom is 0.156 e. The van der Waals surface area contributed by atoms with Gasteiger partial charge in [0, 0.05) is 23.9 Å². The van der Waals surface area contributed by atoms with Crippen LogP contribution in [0.3, 0.4) is 0 Å². The Kier molecular flexibility index (Phi) is 3.60. The Morgan fingerprint density at radius 1 is 1.37 bits per heavy atom. The highest BCUT2D eigenvalue weighted by atomic mass is 15.2. The molecule has 1 aliphatic rings. The largest absolute Gasteiger partial charge is 0.368 e. The minimum atomic E-state index is 0.723. The van der Waals surface area contributed by atoms with Gasteiger partial charge >= 0.3 is 0 Å². The lowest BCUT2D eigenvalue weighted by molar-refractivity contribution is 0.345. The topological polar surface area (TPSA) is 41.0 Å². The van der Waals surface area contributed by atoms with Gasteiger partial charge in [-0.05, 0) is 25.4 Å². The van der Waals surface area contributed by atoms with Crippen molar-refractivity contribution in [2.75, 3.05) is 31.5 Å². The van der Waals surface area contributed by atoms with Gasteiger partial charge in [-0.3, -0.25) is 0 Å². The predicted molar refractivity (Wildman–Crippen MR) is 78.2 cm³/mol. The average molecular weight is 256 g/mol. The van der Waals surface area contributed by atoms with Crippen molar-refractivity contribution < 1.29 is 0 Å². The van der Waals surface area contributed by atoms with Crippen molar-refractivity contribution >= 4 is 16.6 Å². The summed E-state index contributed by atoms with van der Waals surface area (Å²) in [4.78, 5) is 2.50. The summed E-state index contributed by atoms with van der Waals surface area (Å²) >= 11 is 0. The molecule has 3 rings (SSSR count). The zero-order valence-corrected chi connectivity index (χ0v) is 11.3. The minimum Gasteiger partial charge on any atom is -0.368 e. The Hall–Kier alpha value is -1.68. The molecule has 2 heterocycles. The summed E-state index contributed by atoms with van der Waals surface area (Å²) in [6.07, 6.45) is 3.09. The maximum atomic E-state index is 4.23. The second-order valence-corrected chi connectivity index (χ2v) is 5.21. The van der Waals surface area contributed by atoms with Crippen molar-refractivity contribution in [2.24, 2.45) is 5.92 Å². The van der Waals surface area contributed by atoms with Gasteiger partial charge in [0.2, 0.25) is 0 Å². The van der Waals surface area contributed by atoms with Crippen LogP contribution < -0.4 is 5.32 Å². The molecule has 4 heteroatoms. The molecule has 1 saturated heterocycles. The van der Waals surface area contributed by atoms with Gasteiger partial charge in [0.05, 0.1) is 6.20 Å². The van der Waals surface area contributed by atoms with Gasteiger partial charge in [-0.2, -0.15) is 5.10 Å². The van der Waals surface area contributed by atoms with Gasteiger partial charge in [-0.1, -0.05) is 31.2 Å². The maximum absolute atomic E-state index is 4.23. The first-order valence-corrected chi connectivity index (χ1v) is 7.03. The molecular formula is C15H20N4. The molecule has 1 atom stereocenters. The van der Waals surface area contributed by atoms with Gasteiger partial charge in [0.25, 0.3) is 0 Å². The van der Waals surface area contributed by atoms with Crippen LogP contribution in [0.1, 0.15) is 13.3 Å². The molecule has 1 unspecified atom stereocenters. The Bertz CT molecular complexity index is 549. The van der Waals surface area contributed by atoms with Gasteiger partial charge in [0.15, 0.2) is 5.82 Å². The van der Waals surface area contributed by atoms with Crippen LogP contribution >= 0.6 is 0 Å². The first kappa shape index (κ1) is 12.4. The number of aromatic nitrogens is 2. The fraction of sp³-hybridized carbons (Fsp3) is 0.467. The summed E-state index contributed by atoms with van der Waals surface area (Å²) < 4.78 is 0. The zero-order valence-electron chi connectivity index (χ0n) is 11.3. The highest BCUT2D eigenvalue weighted by Crippen LogP contribution is 2.21. The molecule has 0 bridgehead atoms. The molecule has 1 aromatic heterocycles. The average Bonchev–Trinajstić information content (AvgIpc) is 2.93. The number of benzene rings is 1. The van der Waals surface area contributed by atoms with Crippen LogP contribution in [0.5, 0.6) is 0 Å². The van der Waals surface area contributed by atoms with Gasteiger partial charge < -0.3 is 10.2 Å². The van der Waals surface area contributed by atoms with Crippen LogP contribution in [0.4, 0.5) is 5.82 Å². The Morgan fingerprint density at radius 2 is 2.26 bits per heavy atom.